The molecule has 166 valence electrons. The number of rotatable bonds is 9. The minimum Gasteiger partial charge on any atom is -0.345 e. The highest BCUT2D eigenvalue weighted by Gasteiger charge is 2.16. The molecule has 32 heavy (non-hydrogen) atoms. The first-order chi connectivity index (χ1) is 15.4. The van der Waals surface area contributed by atoms with Crippen molar-refractivity contribution in [2.45, 2.75) is 18.2 Å². The number of para-hydroxylation sites is 1. The zero-order valence-electron chi connectivity index (χ0n) is 16.6. The van der Waals surface area contributed by atoms with Gasteiger partial charge in [-0.2, -0.15) is 0 Å². The van der Waals surface area contributed by atoms with E-state index in [9.17, 15) is 9.59 Å². The van der Waals surface area contributed by atoms with Gasteiger partial charge in [-0.25, -0.2) is 0 Å². The van der Waals surface area contributed by atoms with Crippen molar-refractivity contribution in [3.05, 3.63) is 81.6 Å². The number of allylic oxidation sites excluding steroid dienone is 1. The second-order valence-electron chi connectivity index (χ2n) is 6.42. The molecule has 0 fully saturated rings. The lowest BCUT2D eigenvalue weighted by molar-refractivity contribution is -0.113. The Hall–Kier alpha value is -2.52. The number of halogens is 3. The van der Waals surface area contributed by atoms with Gasteiger partial charge in [0.25, 0.3) is 5.91 Å². The van der Waals surface area contributed by atoms with Crippen LogP contribution in [0.3, 0.4) is 0 Å². The van der Waals surface area contributed by atoms with E-state index in [-0.39, 0.29) is 29.1 Å². The van der Waals surface area contributed by atoms with Gasteiger partial charge in [0.15, 0.2) is 11.0 Å². The average molecular weight is 511 g/mol. The molecule has 2 N–H and O–H groups in total. The van der Waals surface area contributed by atoms with Crippen molar-refractivity contribution < 1.29 is 9.59 Å². The van der Waals surface area contributed by atoms with E-state index in [1.807, 2.05) is 0 Å². The third-order valence-corrected chi connectivity index (χ3v) is 6.01. The number of carbonyl (C=O) groups excluding carboxylic acids is 2. The highest BCUT2D eigenvalue weighted by atomic mass is 35.5. The topological polar surface area (TPSA) is 88.9 Å². The number of nitrogens with zero attached hydrogens (tertiary/aromatic N) is 3. The molecule has 2 amide bonds. The van der Waals surface area contributed by atoms with Gasteiger partial charge in [-0.1, -0.05) is 64.8 Å². The van der Waals surface area contributed by atoms with E-state index in [1.54, 1.807) is 47.0 Å². The standard InChI is InChI=1S/C21H18Cl3N5O2S/c1-2-9-29-18(11-25-20(31)14-8-7-13(22)10-16(14)24)27-28-21(29)32-12-19(30)26-17-6-4-3-5-15(17)23/h2-8,10H,1,9,11-12H2,(H,25,31)(H,26,30). The molecule has 2 aromatic carbocycles. The summed E-state index contributed by atoms with van der Waals surface area (Å²) in [5, 5.41) is 15.5. The van der Waals surface area contributed by atoms with Gasteiger partial charge in [0.05, 0.1) is 33.6 Å². The van der Waals surface area contributed by atoms with E-state index < -0.39 is 0 Å². The second kappa shape index (κ2) is 11.4. The van der Waals surface area contributed by atoms with Crippen molar-refractivity contribution in [1.82, 2.24) is 20.1 Å². The number of hydrogen-bond donors (Lipinski definition) is 2. The molecule has 3 aromatic rings. The fourth-order valence-electron chi connectivity index (χ4n) is 2.68. The lowest BCUT2D eigenvalue weighted by atomic mass is 10.2. The Kier molecular flexibility index (Phi) is 8.58. The molecule has 3 rings (SSSR count). The maximum absolute atomic E-state index is 12.5. The zero-order chi connectivity index (χ0) is 23.1. The third kappa shape index (κ3) is 6.26. The molecule has 0 saturated heterocycles. The van der Waals surface area contributed by atoms with Crippen LogP contribution < -0.4 is 10.6 Å². The summed E-state index contributed by atoms with van der Waals surface area (Å²) in [4.78, 5) is 24.8. The number of thioether (sulfide) groups is 1. The molecular weight excluding hydrogens is 493 g/mol. The first kappa shape index (κ1) is 24.1. The van der Waals surface area contributed by atoms with E-state index in [0.717, 1.165) is 0 Å². The van der Waals surface area contributed by atoms with E-state index in [1.165, 1.54) is 17.8 Å². The molecule has 0 saturated carbocycles. The monoisotopic (exact) mass is 509 g/mol. The van der Waals surface area contributed by atoms with Gasteiger partial charge >= 0.3 is 0 Å². The molecule has 0 unspecified atom stereocenters. The van der Waals surface area contributed by atoms with Crippen LogP contribution in [0, 0.1) is 0 Å². The number of anilines is 1. The van der Waals surface area contributed by atoms with Crippen LogP contribution in [-0.2, 0) is 17.9 Å². The summed E-state index contributed by atoms with van der Waals surface area (Å²) < 4.78 is 1.77. The zero-order valence-corrected chi connectivity index (χ0v) is 19.7. The van der Waals surface area contributed by atoms with Gasteiger partial charge in [-0.15, -0.1) is 16.8 Å². The lowest BCUT2D eigenvalue weighted by Gasteiger charge is -2.10. The van der Waals surface area contributed by atoms with Gasteiger partial charge in [-0.3, -0.25) is 9.59 Å². The van der Waals surface area contributed by atoms with E-state index in [2.05, 4.69) is 27.4 Å². The van der Waals surface area contributed by atoms with Crippen molar-refractivity contribution in [3.63, 3.8) is 0 Å². The number of amides is 2. The van der Waals surface area contributed by atoms with Crippen molar-refractivity contribution in [1.29, 1.82) is 0 Å². The van der Waals surface area contributed by atoms with Gasteiger partial charge in [0, 0.05) is 11.6 Å². The van der Waals surface area contributed by atoms with Gasteiger partial charge in [0.1, 0.15) is 0 Å². The Labute approximate surface area is 204 Å². The number of carbonyl (C=O) groups is 2. The van der Waals surface area contributed by atoms with Crippen LogP contribution in [0.1, 0.15) is 16.2 Å². The maximum Gasteiger partial charge on any atom is 0.253 e. The van der Waals surface area contributed by atoms with Crippen LogP contribution in [0.4, 0.5) is 5.69 Å². The molecular formula is C21H18Cl3N5O2S. The summed E-state index contributed by atoms with van der Waals surface area (Å²) in [6.07, 6.45) is 1.68. The average Bonchev–Trinajstić information content (AvgIpc) is 3.14. The largest absolute Gasteiger partial charge is 0.345 e. The molecule has 0 atom stereocenters. The third-order valence-electron chi connectivity index (χ3n) is 4.17. The van der Waals surface area contributed by atoms with E-state index >= 15 is 0 Å². The van der Waals surface area contributed by atoms with Crippen LogP contribution >= 0.6 is 46.6 Å². The Bertz CT molecular complexity index is 1150. The highest BCUT2D eigenvalue weighted by molar-refractivity contribution is 7.99. The number of aromatic nitrogens is 3. The molecule has 0 aliphatic carbocycles. The molecule has 0 aliphatic heterocycles. The maximum atomic E-state index is 12.5. The van der Waals surface area contributed by atoms with Crippen LogP contribution in [-0.4, -0.2) is 32.3 Å². The van der Waals surface area contributed by atoms with Crippen LogP contribution in [0.2, 0.25) is 15.1 Å². The minimum atomic E-state index is -0.367. The second-order valence-corrected chi connectivity index (χ2v) is 8.61. The van der Waals surface area contributed by atoms with Crippen molar-refractivity contribution in [2.75, 3.05) is 11.1 Å². The quantitative estimate of drug-likeness (QED) is 0.309. The van der Waals surface area contributed by atoms with Crippen LogP contribution in [0.15, 0.2) is 60.3 Å². The van der Waals surface area contributed by atoms with Gasteiger partial charge < -0.3 is 15.2 Å². The number of hydrogen-bond acceptors (Lipinski definition) is 5. The smallest absolute Gasteiger partial charge is 0.253 e. The van der Waals surface area contributed by atoms with Crippen molar-refractivity contribution in [2.24, 2.45) is 0 Å². The summed E-state index contributed by atoms with van der Waals surface area (Å²) in [5.41, 5.74) is 0.841. The molecule has 1 heterocycles. The summed E-state index contributed by atoms with van der Waals surface area (Å²) in [5.74, 6) is 0.0155. The molecule has 0 radical (unpaired) electrons. The predicted octanol–water partition coefficient (Wildman–Crippen LogP) is 5.09. The summed E-state index contributed by atoms with van der Waals surface area (Å²) >= 11 is 19.2. The normalized spacial score (nSPS) is 10.6. The van der Waals surface area contributed by atoms with Gasteiger partial charge in [-0.05, 0) is 30.3 Å². The Morgan fingerprint density at radius 1 is 1.09 bits per heavy atom. The highest BCUT2D eigenvalue weighted by Crippen LogP contribution is 2.23. The number of benzene rings is 2. The molecule has 0 spiro atoms. The first-order valence-electron chi connectivity index (χ1n) is 9.32. The van der Waals surface area contributed by atoms with Crippen molar-refractivity contribution in [3.8, 4) is 0 Å². The van der Waals surface area contributed by atoms with Crippen molar-refractivity contribution >= 4 is 64.1 Å². The van der Waals surface area contributed by atoms with E-state index in [4.69, 9.17) is 34.8 Å². The van der Waals surface area contributed by atoms with E-state index in [0.29, 0.717) is 38.8 Å². The first-order valence-corrected chi connectivity index (χ1v) is 11.4. The summed E-state index contributed by atoms with van der Waals surface area (Å²) in [7, 11) is 0. The molecule has 0 aliphatic rings. The van der Waals surface area contributed by atoms with Crippen LogP contribution in [0.5, 0.6) is 0 Å². The molecule has 0 bridgehead atoms. The minimum absolute atomic E-state index is 0.104. The molecule has 1 aromatic heterocycles. The number of nitrogens with one attached hydrogen (secondary N) is 2. The Balaban J connectivity index is 1.63. The van der Waals surface area contributed by atoms with Crippen LogP contribution in [0.25, 0.3) is 0 Å². The Morgan fingerprint density at radius 2 is 1.88 bits per heavy atom. The van der Waals surface area contributed by atoms with Gasteiger partial charge in [0.2, 0.25) is 5.91 Å². The SMILES string of the molecule is C=CCn1c(CNC(=O)c2ccc(Cl)cc2Cl)nnc1SCC(=O)Nc1ccccc1Cl. The molecule has 7 nitrogen and oxygen atoms in total. The Morgan fingerprint density at radius 3 is 2.59 bits per heavy atom. The summed E-state index contributed by atoms with van der Waals surface area (Å²) in [6, 6.07) is 11.6. The fourth-order valence-corrected chi connectivity index (χ4v) is 4.12. The summed E-state index contributed by atoms with van der Waals surface area (Å²) in [6.45, 7) is 4.27. The fraction of sp³-hybridized carbons (Fsp3) is 0.143. The lowest BCUT2D eigenvalue weighted by Crippen LogP contribution is -2.25. The predicted molar refractivity (Wildman–Crippen MR) is 129 cm³/mol. The molecule has 11 heteroatoms.